The molecule has 1 saturated heterocycles. The van der Waals surface area contributed by atoms with Crippen LogP contribution in [-0.2, 0) is 11.2 Å². The van der Waals surface area contributed by atoms with Gasteiger partial charge in [-0.3, -0.25) is 9.78 Å². The zero-order valence-electron chi connectivity index (χ0n) is 13.5. The fourth-order valence-electron chi connectivity index (χ4n) is 2.87. The van der Waals surface area contributed by atoms with Crippen LogP contribution in [0, 0.1) is 13.8 Å². The second kappa shape index (κ2) is 7.04. The summed E-state index contributed by atoms with van der Waals surface area (Å²) in [6.07, 6.45) is 7.48. The number of carbonyl (C=O) groups is 1. The van der Waals surface area contributed by atoms with Crippen molar-refractivity contribution >= 4 is 23.1 Å². The zero-order chi connectivity index (χ0) is 16.2. The molecule has 1 N–H and O–H groups in total. The number of aryl methyl sites for hydroxylation is 2. The second-order valence-corrected chi connectivity index (χ2v) is 7.10. The molecule has 23 heavy (non-hydrogen) atoms. The molecule has 0 unspecified atom stereocenters. The molecule has 1 aliphatic rings. The van der Waals surface area contributed by atoms with Gasteiger partial charge in [-0.25, -0.2) is 9.97 Å². The predicted octanol–water partition coefficient (Wildman–Crippen LogP) is 1.88. The summed E-state index contributed by atoms with van der Waals surface area (Å²) in [6, 6.07) is 0.241. The molecule has 0 atom stereocenters. The van der Waals surface area contributed by atoms with Gasteiger partial charge in [-0.15, -0.1) is 11.3 Å². The third-order valence-corrected chi connectivity index (χ3v) is 5.13. The van der Waals surface area contributed by atoms with Crippen LogP contribution < -0.4 is 10.2 Å². The number of nitrogens with one attached hydrogen (secondary N) is 1. The SMILES string of the molecule is Cc1nc(C)c(CC(=O)NC2CCN(c3cnccn3)CC2)s1. The number of nitrogens with zero attached hydrogens (tertiary/aromatic N) is 4. The summed E-state index contributed by atoms with van der Waals surface area (Å²) in [5.74, 6) is 1.00. The van der Waals surface area contributed by atoms with Gasteiger partial charge in [0.15, 0.2) is 0 Å². The number of hydrogen-bond acceptors (Lipinski definition) is 6. The fourth-order valence-corrected chi connectivity index (χ4v) is 3.81. The maximum atomic E-state index is 12.2. The molecule has 1 amide bonds. The molecule has 6 nitrogen and oxygen atoms in total. The lowest BCUT2D eigenvalue weighted by atomic mass is 10.0. The lowest BCUT2D eigenvalue weighted by molar-refractivity contribution is -0.121. The van der Waals surface area contributed by atoms with Gasteiger partial charge in [0.25, 0.3) is 0 Å². The summed E-state index contributed by atoms with van der Waals surface area (Å²) in [5.41, 5.74) is 0.972. The first-order valence-electron chi connectivity index (χ1n) is 7.85. The number of thiazole rings is 1. The van der Waals surface area contributed by atoms with Gasteiger partial charge in [0.1, 0.15) is 5.82 Å². The van der Waals surface area contributed by atoms with Crippen LogP contribution in [0.2, 0.25) is 0 Å². The van der Waals surface area contributed by atoms with Crippen LogP contribution >= 0.6 is 11.3 Å². The van der Waals surface area contributed by atoms with E-state index in [1.165, 1.54) is 0 Å². The minimum Gasteiger partial charge on any atom is -0.355 e. The number of aromatic nitrogens is 3. The van der Waals surface area contributed by atoms with Crippen LogP contribution in [0.5, 0.6) is 0 Å². The first-order chi connectivity index (χ1) is 11.1. The van der Waals surface area contributed by atoms with Crippen molar-refractivity contribution in [1.29, 1.82) is 0 Å². The molecule has 0 aromatic carbocycles. The predicted molar refractivity (Wildman–Crippen MR) is 90.7 cm³/mol. The van der Waals surface area contributed by atoms with E-state index in [4.69, 9.17) is 0 Å². The lowest BCUT2D eigenvalue weighted by Crippen LogP contribution is -2.45. The highest BCUT2D eigenvalue weighted by Gasteiger charge is 2.22. The molecule has 122 valence electrons. The molecule has 2 aromatic rings. The van der Waals surface area contributed by atoms with Crippen LogP contribution in [0.15, 0.2) is 18.6 Å². The van der Waals surface area contributed by atoms with Gasteiger partial charge in [0.2, 0.25) is 5.91 Å². The molecular weight excluding hydrogens is 310 g/mol. The maximum Gasteiger partial charge on any atom is 0.225 e. The highest BCUT2D eigenvalue weighted by atomic mass is 32.1. The third kappa shape index (κ3) is 4.04. The minimum atomic E-state index is 0.0923. The Labute approximate surface area is 140 Å². The topological polar surface area (TPSA) is 71.0 Å². The normalized spacial score (nSPS) is 15.7. The third-order valence-electron chi connectivity index (χ3n) is 4.05. The molecule has 0 aliphatic carbocycles. The highest BCUT2D eigenvalue weighted by molar-refractivity contribution is 7.11. The number of piperidine rings is 1. The summed E-state index contributed by atoms with van der Waals surface area (Å²) in [7, 11) is 0. The number of carbonyl (C=O) groups excluding carboxylic acids is 1. The standard InChI is InChI=1S/C16H21N5OS/c1-11-14(23-12(2)19-11)9-16(22)20-13-3-7-21(8-4-13)15-10-17-5-6-18-15/h5-6,10,13H,3-4,7-9H2,1-2H3,(H,20,22). The lowest BCUT2D eigenvalue weighted by Gasteiger charge is -2.32. The van der Waals surface area contributed by atoms with E-state index in [-0.39, 0.29) is 11.9 Å². The van der Waals surface area contributed by atoms with Crippen molar-refractivity contribution in [3.63, 3.8) is 0 Å². The highest BCUT2D eigenvalue weighted by Crippen LogP contribution is 2.19. The molecular formula is C16H21N5OS. The van der Waals surface area contributed by atoms with Crippen LogP contribution in [-0.4, -0.2) is 40.0 Å². The van der Waals surface area contributed by atoms with E-state index >= 15 is 0 Å². The van der Waals surface area contributed by atoms with Crippen molar-refractivity contribution in [2.24, 2.45) is 0 Å². The Morgan fingerprint density at radius 1 is 1.35 bits per heavy atom. The Morgan fingerprint density at radius 3 is 2.74 bits per heavy atom. The average molecular weight is 331 g/mol. The van der Waals surface area contributed by atoms with Gasteiger partial charge < -0.3 is 10.2 Å². The Balaban J connectivity index is 1.49. The molecule has 1 fully saturated rings. The Bertz CT molecular complexity index is 664. The van der Waals surface area contributed by atoms with Gasteiger partial charge in [0, 0.05) is 36.4 Å². The molecule has 0 bridgehead atoms. The number of amides is 1. The summed E-state index contributed by atoms with van der Waals surface area (Å²) >= 11 is 1.61. The number of anilines is 1. The van der Waals surface area contributed by atoms with E-state index in [0.717, 1.165) is 47.3 Å². The Morgan fingerprint density at radius 2 is 2.13 bits per heavy atom. The van der Waals surface area contributed by atoms with Crippen molar-refractivity contribution in [3.05, 3.63) is 34.2 Å². The van der Waals surface area contributed by atoms with Crippen LogP contribution in [0.25, 0.3) is 0 Å². The number of hydrogen-bond donors (Lipinski definition) is 1. The molecule has 3 heterocycles. The van der Waals surface area contributed by atoms with E-state index < -0.39 is 0 Å². The summed E-state index contributed by atoms with van der Waals surface area (Å²) < 4.78 is 0. The van der Waals surface area contributed by atoms with Crippen molar-refractivity contribution < 1.29 is 4.79 Å². The van der Waals surface area contributed by atoms with Crippen LogP contribution in [0.1, 0.15) is 28.4 Å². The Kier molecular flexibility index (Phi) is 4.85. The van der Waals surface area contributed by atoms with Crippen LogP contribution in [0.3, 0.4) is 0 Å². The van der Waals surface area contributed by atoms with Crippen molar-refractivity contribution in [2.45, 2.75) is 39.2 Å². The molecule has 7 heteroatoms. The fraction of sp³-hybridized carbons (Fsp3) is 0.500. The smallest absolute Gasteiger partial charge is 0.225 e. The molecule has 0 spiro atoms. The maximum absolute atomic E-state index is 12.2. The van der Waals surface area contributed by atoms with E-state index in [1.807, 2.05) is 13.8 Å². The van der Waals surface area contributed by atoms with Gasteiger partial charge in [0.05, 0.1) is 23.3 Å². The first-order valence-corrected chi connectivity index (χ1v) is 8.66. The van der Waals surface area contributed by atoms with E-state index in [0.29, 0.717) is 6.42 Å². The molecule has 0 radical (unpaired) electrons. The van der Waals surface area contributed by atoms with Crippen molar-refractivity contribution in [2.75, 3.05) is 18.0 Å². The van der Waals surface area contributed by atoms with Crippen molar-refractivity contribution in [1.82, 2.24) is 20.3 Å². The average Bonchev–Trinajstić information content (AvgIpc) is 2.86. The number of rotatable bonds is 4. The largest absolute Gasteiger partial charge is 0.355 e. The molecule has 3 rings (SSSR count). The quantitative estimate of drug-likeness (QED) is 0.926. The zero-order valence-corrected chi connectivity index (χ0v) is 14.3. The van der Waals surface area contributed by atoms with E-state index in [9.17, 15) is 4.79 Å². The van der Waals surface area contributed by atoms with Crippen LogP contribution in [0.4, 0.5) is 5.82 Å². The molecule has 2 aromatic heterocycles. The summed E-state index contributed by atoms with van der Waals surface area (Å²) in [5, 5.41) is 4.17. The second-order valence-electron chi connectivity index (χ2n) is 5.81. The summed E-state index contributed by atoms with van der Waals surface area (Å²) in [4.78, 5) is 28.3. The van der Waals surface area contributed by atoms with Gasteiger partial charge in [-0.1, -0.05) is 0 Å². The van der Waals surface area contributed by atoms with E-state index in [2.05, 4.69) is 25.2 Å². The van der Waals surface area contributed by atoms with E-state index in [1.54, 1.807) is 29.9 Å². The Hall–Kier alpha value is -2.02. The molecule has 0 saturated carbocycles. The molecule has 1 aliphatic heterocycles. The van der Waals surface area contributed by atoms with Gasteiger partial charge in [-0.05, 0) is 26.7 Å². The first kappa shape index (κ1) is 15.9. The monoisotopic (exact) mass is 331 g/mol. The minimum absolute atomic E-state index is 0.0923. The van der Waals surface area contributed by atoms with Gasteiger partial charge >= 0.3 is 0 Å². The summed E-state index contributed by atoms with van der Waals surface area (Å²) in [6.45, 7) is 5.72. The van der Waals surface area contributed by atoms with Gasteiger partial charge in [-0.2, -0.15) is 0 Å². The van der Waals surface area contributed by atoms with Crippen molar-refractivity contribution in [3.8, 4) is 0 Å².